The van der Waals surface area contributed by atoms with Crippen molar-refractivity contribution < 1.29 is 14.8 Å². The lowest BCUT2D eigenvalue weighted by atomic mass is 10.1. The molecule has 1 aromatic carbocycles. The van der Waals surface area contributed by atoms with Crippen LogP contribution in [0.4, 0.5) is 0 Å². The number of aryl methyl sites for hydroxylation is 1. The normalized spacial score (nSPS) is 11.7. The number of nitrogens with two attached hydrogens (primary N) is 1. The summed E-state index contributed by atoms with van der Waals surface area (Å²) in [5, 5.41) is 3.42. The summed E-state index contributed by atoms with van der Waals surface area (Å²) in [7, 11) is 0. The molecule has 0 amide bonds. The summed E-state index contributed by atoms with van der Waals surface area (Å²) in [5.74, 6) is 0.681. The highest BCUT2D eigenvalue weighted by Crippen LogP contribution is 2.31. The molecule has 2 N–H and O–H groups in total. The van der Waals surface area contributed by atoms with Crippen LogP contribution in [0.25, 0.3) is 0 Å². The van der Waals surface area contributed by atoms with Crippen LogP contribution in [-0.2, 0) is 4.74 Å². The molecule has 20 heavy (non-hydrogen) atoms. The van der Waals surface area contributed by atoms with E-state index in [0.29, 0.717) is 35.6 Å². The minimum absolute atomic E-state index is 0.244. The third kappa shape index (κ3) is 6.80. The zero-order chi connectivity index (χ0) is 15.2. The molecule has 0 saturated carbocycles. The Morgan fingerprint density at radius 3 is 2.40 bits per heavy atom. The molecule has 0 saturated heterocycles. The van der Waals surface area contributed by atoms with Crippen LogP contribution in [-0.4, -0.2) is 31.9 Å². The largest absolute Gasteiger partial charge is 0.489 e. The van der Waals surface area contributed by atoms with E-state index < -0.39 is 0 Å². The van der Waals surface area contributed by atoms with Crippen LogP contribution in [0.5, 0.6) is 5.75 Å². The summed E-state index contributed by atoms with van der Waals surface area (Å²) >= 11 is 12.0. The van der Waals surface area contributed by atoms with E-state index in [1.807, 2.05) is 13.0 Å². The second-order valence-corrected chi connectivity index (χ2v) is 6.70. The third-order valence-corrected chi connectivity index (χ3v) is 3.19. The molecule has 0 atom stereocenters. The Morgan fingerprint density at radius 2 is 1.80 bits per heavy atom. The van der Waals surface area contributed by atoms with Gasteiger partial charge in [0.05, 0.1) is 30.3 Å². The van der Waals surface area contributed by atoms with Gasteiger partial charge in [-0.15, -0.1) is 0 Å². The number of benzene rings is 1. The van der Waals surface area contributed by atoms with Crippen LogP contribution in [0, 0.1) is 6.92 Å². The zero-order valence-electron chi connectivity index (χ0n) is 12.6. The Hall–Kier alpha value is -0.480. The van der Waals surface area contributed by atoms with Crippen LogP contribution in [0.1, 0.15) is 26.3 Å². The van der Waals surface area contributed by atoms with Gasteiger partial charge in [0.25, 0.3) is 0 Å². The van der Waals surface area contributed by atoms with Gasteiger partial charge in [0.15, 0.2) is 0 Å². The maximum Gasteiger partial charge on any atom is 0.141 e. The molecule has 114 valence electrons. The average molecular weight is 321 g/mol. The molecule has 0 aromatic heterocycles. The van der Waals surface area contributed by atoms with Crippen molar-refractivity contribution in [3.8, 4) is 5.75 Å². The fourth-order valence-corrected chi connectivity index (χ4v) is 2.40. The van der Waals surface area contributed by atoms with Crippen LogP contribution in [0.15, 0.2) is 12.1 Å². The van der Waals surface area contributed by atoms with Gasteiger partial charge in [0, 0.05) is 5.02 Å². The second kappa shape index (κ2) is 8.08. The SMILES string of the molecule is Cc1cc(Cl)cc(Cl)c1OCCOCC[NH2+]C(C)(C)C. The molecule has 0 heterocycles. The van der Waals surface area contributed by atoms with E-state index in [1.54, 1.807) is 6.07 Å². The Morgan fingerprint density at radius 1 is 1.10 bits per heavy atom. The Balaban J connectivity index is 2.22. The first-order valence-corrected chi connectivity index (χ1v) is 7.56. The molecule has 1 rings (SSSR count). The zero-order valence-corrected chi connectivity index (χ0v) is 14.1. The van der Waals surface area contributed by atoms with E-state index in [4.69, 9.17) is 32.7 Å². The highest BCUT2D eigenvalue weighted by Gasteiger charge is 2.11. The van der Waals surface area contributed by atoms with Crippen molar-refractivity contribution in [2.24, 2.45) is 0 Å². The summed E-state index contributed by atoms with van der Waals surface area (Å²) < 4.78 is 11.2. The lowest BCUT2D eigenvalue weighted by Gasteiger charge is -2.16. The third-order valence-electron chi connectivity index (χ3n) is 2.69. The molecule has 1 aromatic rings. The number of ether oxygens (including phenoxy) is 2. The Bertz CT molecular complexity index is 407. The molecule has 5 heteroatoms. The van der Waals surface area contributed by atoms with E-state index in [1.165, 1.54) is 0 Å². The van der Waals surface area contributed by atoms with Crippen LogP contribution < -0.4 is 10.1 Å². The maximum absolute atomic E-state index is 6.09. The molecule has 0 bridgehead atoms. The predicted molar refractivity (Wildman–Crippen MR) is 84.1 cm³/mol. The van der Waals surface area contributed by atoms with E-state index in [2.05, 4.69) is 26.1 Å². The van der Waals surface area contributed by atoms with Crippen molar-refractivity contribution in [3.63, 3.8) is 0 Å². The lowest BCUT2D eigenvalue weighted by molar-refractivity contribution is -0.718. The number of hydrogen-bond donors (Lipinski definition) is 1. The molecule has 0 fully saturated rings. The number of hydrogen-bond acceptors (Lipinski definition) is 2. The van der Waals surface area contributed by atoms with Gasteiger partial charge in [-0.05, 0) is 45.4 Å². The lowest BCUT2D eigenvalue weighted by Crippen LogP contribution is -2.95. The fraction of sp³-hybridized carbons (Fsp3) is 0.600. The molecule has 0 spiro atoms. The van der Waals surface area contributed by atoms with E-state index >= 15 is 0 Å². The van der Waals surface area contributed by atoms with Gasteiger partial charge < -0.3 is 14.8 Å². The number of halogens is 2. The summed E-state index contributed by atoms with van der Waals surface area (Å²) in [5.41, 5.74) is 1.18. The maximum atomic E-state index is 6.09. The van der Waals surface area contributed by atoms with Gasteiger partial charge >= 0.3 is 0 Å². The summed E-state index contributed by atoms with van der Waals surface area (Å²) in [4.78, 5) is 0. The first kappa shape index (κ1) is 17.6. The predicted octanol–water partition coefficient (Wildman–Crippen LogP) is 3.06. The van der Waals surface area contributed by atoms with Gasteiger partial charge in [-0.1, -0.05) is 23.2 Å². The quantitative estimate of drug-likeness (QED) is 0.784. The number of rotatable bonds is 7. The standard InChI is InChI=1S/C15H23Cl2NO2/c1-11-9-12(16)10-13(17)14(11)20-8-7-19-6-5-18-15(2,3)4/h9-10,18H,5-8H2,1-4H3/p+1. The van der Waals surface area contributed by atoms with Crippen molar-refractivity contribution in [2.75, 3.05) is 26.4 Å². The Labute approximate surface area is 131 Å². The van der Waals surface area contributed by atoms with Gasteiger partial charge in [0.1, 0.15) is 12.4 Å². The highest BCUT2D eigenvalue weighted by molar-refractivity contribution is 6.35. The summed E-state index contributed by atoms with van der Waals surface area (Å²) in [6.07, 6.45) is 0. The van der Waals surface area contributed by atoms with Crippen LogP contribution >= 0.6 is 23.2 Å². The summed E-state index contributed by atoms with van der Waals surface area (Å²) in [6, 6.07) is 3.52. The smallest absolute Gasteiger partial charge is 0.141 e. The molecule has 0 unspecified atom stereocenters. The van der Waals surface area contributed by atoms with E-state index in [0.717, 1.165) is 12.1 Å². The molecule has 0 aliphatic heterocycles. The van der Waals surface area contributed by atoms with E-state index in [-0.39, 0.29) is 5.54 Å². The fourth-order valence-electron chi connectivity index (χ4n) is 1.75. The highest BCUT2D eigenvalue weighted by atomic mass is 35.5. The molecule has 0 aliphatic rings. The summed E-state index contributed by atoms with van der Waals surface area (Å²) in [6.45, 7) is 11.2. The van der Waals surface area contributed by atoms with Gasteiger partial charge in [0.2, 0.25) is 0 Å². The van der Waals surface area contributed by atoms with Crippen molar-refractivity contribution in [1.82, 2.24) is 0 Å². The van der Waals surface area contributed by atoms with Crippen molar-refractivity contribution >= 4 is 23.2 Å². The van der Waals surface area contributed by atoms with Crippen LogP contribution in [0.2, 0.25) is 10.0 Å². The van der Waals surface area contributed by atoms with Gasteiger partial charge in [-0.3, -0.25) is 0 Å². The van der Waals surface area contributed by atoms with E-state index in [9.17, 15) is 0 Å². The average Bonchev–Trinajstić information content (AvgIpc) is 2.29. The minimum Gasteiger partial charge on any atom is -0.489 e. The molecule has 3 nitrogen and oxygen atoms in total. The van der Waals surface area contributed by atoms with Gasteiger partial charge in [-0.2, -0.15) is 0 Å². The van der Waals surface area contributed by atoms with Crippen molar-refractivity contribution in [2.45, 2.75) is 33.2 Å². The second-order valence-electron chi connectivity index (χ2n) is 5.85. The van der Waals surface area contributed by atoms with Crippen LogP contribution in [0.3, 0.4) is 0 Å². The van der Waals surface area contributed by atoms with Crippen molar-refractivity contribution in [1.29, 1.82) is 0 Å². The molecular formula is C15H24Cl2NO2+. The first-order valence-electron chi connectivity index (χ1n) is 6.80. The molecule has 0 aliphatic carbocycles. The van der Waals surface area contributed by atoms with Gasteiger partial charge in [-0.25, -0.2) is 0 Å². The first-order chi connectivity index (χ1) is 9.29. The molecular weight excluding hydrogens is 297 g/mol. The number of quaternary nitrogens is 1. The monoisotopic (exact) mass is 320 g/mol. The minimum atomic E-state index is 0.244. The topological polar surface area (TPSA) is 35.1 Å². The molecule has 0 radical (unpaired) electrons. The van der Waals surface area contributed by atoms with Crippen molar-refractivity contribution in [3.05, 3.63) is 27.7 Å². The Kier molecular flexibility index (Phi) is 7.10.